The first-order valence-corrected chi connectivity index (χ1v) is 5.49. The molecule has 0 fully saturated rings. The lowest BCUT2D eigenvalue weighted by Gasteiger charge is -2.18. The lowest BCUT2D eigenvalue weighted by molar-refractivity contribution is -0.0885. The molecule has 7 heteroatoms. The van der Waals surface area contributed by atoms with Gasteiger partial charge in [-0.15, -0.1) is 0 Å². The monoisotopic (exact) mass is 277 g/mol. The number of hydrogen-bond donors (Lipinski definition) is 3. The summed E-state index contributed by atoms with van der Waals surface area (Å²) >= 11 is 0. The quantitative estimate of drug-likeness (QED) is 0.704. The van der Waals surface area contributed by atoms with Crippen molar-refractivity contribution in [2.75, 3.05) is 13.6 Å². The number of carbonyl (C=O) groups is 1. The fourth-order valence-corrected chi connectivity index (χ4v) is 1.54. The number of nitrogens with one attached hydrogen (secondary N) is 1. The maximum Gasteiger partial charge on any atom is 0.454 e. The molecule has 0 amide bonds. The molecular formula is C12H14F3NO3. The van der Waals surface area contributed by atoms with E-state index in [1.807, 2.05) is 0 Å². The van der Waals surface area contributed by atoms with Gasteiger partial charge in [0.05, 0.1) is 6.10 Å². The molecule has 106 valence electrons. The molecule has 0 radical (unpaired) electrons. The van der Waals surface area contributed by atoms with Crippen molar-refractivity contribution in [1.82, 2.24) is 5.32 Å². The van der Waals surface area contributed by atoms with Crippen LogP contribution in [0.4, 0.5) is 13.2 Å². The number of hydrogen-bond acceptors (Lipinski definition) is 4. The van der Waals surface area contributed by atoms with Gasteiger partial charge in [-0.2, -0.15) is 13.2 Å². The highest BCUT2D eigenvalue weighted by atomic mass is 19.4. The molecule has 0 aliphatic heterocycles. The van der Waals surface area contributed by atoms with Gasteiger partial charge in [0.15, 0.2) is 0 Å². The summed E-state index contributed by atoms with van der Waals surface area (Å²) in [6.07, 6.45) is -7.25. The van der Waals surface area contributed by atoms with E-state index < -0.39 is 29.7 Å². The second-order valence-electron chi connectivity index (χ2n) is 4.02. The van der Waals surface area contributed by atoms with Crippen molar-refractivity contribution in [2.24, 2.45) is 0 Å². The SMILES string of the molecule is CNCC(O)C(O)c1ccc(C(=O)C(F)(F)F)cc1. The summed E-state index contributed by atoms with van der Waals surface area (Å²) < 4.78 is 36.5. The Morgan fingerprint density at radius 3 is 2.21 bits per heavy atom. The van der Waals surface area contributed by atoms with Gasteiger partial charge in [-0.05, 0) is 12.6 Å². The van der Waals surface area contributed by atoms with Gasteiger partial charge in [0.25, 0.3) is 5.78 Å². The highest BCUT2D eigenvalue weighted by Crippen LogP contribution is 2.23. The highest BCUT2D eigenvalue weighted by molar-refractivity contribution is 6.00. The van der Waals surface area contributed by atoms with E-state index >= 15 is 0 Å². The average Bonchev–Trinajstić information content (AvgIpc) is 2.36. The molecular weight excluding hydrogens is 263 g/mol. The standard InChI is InChI=1S/C12H14F3NO3/c1-16-6-9(17)10(18)7-2-4-8(5-3-7)11(19)12(13,14)15/h2-5,9-10,16-18H,6H2,1H3. The lowest BCUT2D eigenvalue weighted by atomic mass is 10.0. The van der Waals surface area contributed by atoms with Crippen molar-refractivity contribution in [3.8, 4) is 0 Å². The molecule has 19 heavy (non-hydrogen) atoms. The van der Waals surface area contributed by atoms with Crippen molar-refractivity contribution in [2.45, 2.75) is 18.4 Å². The van der Waals surface area contributed by atoms with Crippen LogP contribution in [0.25, 0.3) is 0 Å². The lowest BCUT2D eigenvalue weighted by Crippen LogP contribution is -2.29. The Kier molecular flexibility index (Phi) is 5.04. The van der Waals surface area contributed by atoms with Crippen LogP contribution >= 0.6 is 0 Å². The summed E-state index contributed by atoms with van der Waals surface area (Å²) in [5.74, 6) is -1.94. The molecule has 0 aromatic heterocycles. The third kappa shape index (κ3) is 4.02. The van der Waals surface area contributed by atoms with E-state index in [2.05, 4.69) is 5.32 Å². The molecule has 1 rings (SSSR count). The number of ketones is 1. The fraction of sp³-hybridized carbons (Fsp3) is 0.417. The van der Waals surface area contributed by atoms with Gasteiger partial charge in [0.1, 0.15) is 6.10 Å². The number of Topliss-reactive ketones (excluding diaryl/α,β-unsaturated/α-hetero) is 1. The van der Waals surface area contributed by atoms with Gasteiger partial charge in [-0.25, -0.2) is 0 Å². The summed E-state index contributed by atoms with van der Waals surface area (Å²) in [4.78, 5) is 10.9. The number of likely N-dealkylation sites (N-methyl/N-ethyl adjacent to an activating group) is 1. The number of aliphatic hydroxyl groups is 2. The van der Waals surface area contributed by atoms with Crippen molar-refractivity contribution in [3.63, 3.8) is 0 Å². The van der Waals surface area contributed by atoms with Crippen LogP contribution in [0, 0.1) is 0 Å². The van der Waals surface area contributed by atoms with E-state index in [4.69, 9.17) is 0 Å². The largest absolute Gasteiger partial charge is 0.454 e. The van der Waals surface area contributed by atoms with Crippen molar-refractivity contribution in [3.05, 3.63) is 35.4 Å². The molecule has 0 bridgehead atoms. The van der Waals surface area contributed by atoms with E-state index in [-0.39, 0.29) is 12.1 Å². The van der Waals surface area contributed by atoms with E-state index in [1.165, 1.54) is 12.1 Å². The minimum Gasteiger partial charge on any atom is -0.389 e. The number of halogens is 3. The van der Waals surface area contributed by atoms with Crippen molar-refractivity contribution in [1.29, 1.82) is 0 Å². The Bertz CT molecular complexity index is 431. The number of alkyl halides is 3. The van der Waals surface area contributed by atoms with Crippen LogP contribution < -0.4 is 5.32 Å². The Morgan fingerprint density at radius 2 is 1.79 bits per heavy atom. The third-order valence-corrected chi connectivity index (χ3v) is 2.55. The predicted molar refractivity (Wildman–Crippen MR) is 61.7 cm³/mol. The third-order valence-electron chi connectivity index (χ3n) is 2.55. The molecule has 1 aromatic rings. The molecule has 0 saturated carbocycles. The smallest absolute Gasteiger partial charge is 0.389 e. The Hall–Kier alpha value is -1.44. The van der Waals surface area contributed by atoms with Gasteiger partial charge < -0.3 is 15.5 Å². The van der Waals surface area contributed by atoms with Gasteiger partial charge in [0.2, 0.25) is 0 Å². The molecule has 3 N–H and O–H groups in total. The number of carbonyl (C=O) groups excluding carboxylic acids is 1. The average molecular weight is 277 g/mol. The predicted octanol–water partition coefficient (Wildman–Crippen LogP) is 1.05. The molecule has 1 aromatic carbocycles. The number of rotatable bonds is 5. The zero-order valence-corrected chi connectivity index (χ0v) is 10.1. The van der Waals surface area contributed by atoms with Gasteiger partial charge >= 0.3 is 6.18 Å². The topological polar surface area (TPSA) is 69.6 Å². The van der Waals surface area contributed by atoms with Crippen LogP contribution in [0.2, 0.25) is 0 Å². The zero-order chi connectivity index (χ0) is 14.6. The summed E-state index contributed by atoms with van der Waals surface area (Å²) in [5.41, 5.74) is -0.270. The molecule has 2 atom stereocenters. The van der Waals surface area contributed by atoms with E-state index in [9.17, 15) is 28.2 Å². The van der Waals surface area contributed by atoms with Crippen molar-refractivity contribution >= 4 is 5.78 Å². The van der Waals surface area contributed by atoms with E-state index in [0.29, 0.717) is 0 Å². The fourth-order valence-electron chi connectivity index (χ4n) is 1.54. The van der Waals surface area contributed by atoms with Crippen LogP contribution in [0.3, 0.4) is 0 Å². The van der Waals surface area contributed by atoms with Gasteiger partial charge in [0, 0.05) is 12.1 Å². The summed E-state index contributed by atoms with van der Waals surface area (Å²) in [7, 11) is 1.58. The molecule has 0 saturated heterocycles. The summed E-state index contributed by atoms with van der Waals surface area (Å²) in [6, 6.07) is 4.31. The maximum atomic E-state index is 12.2. The second-order valence-corrected chi connectivity index (χ2v) is 4.02. The van der Waals surface area contributed by atoms with Crippen LogP contribution in [0.15, 0.2) is 24.3 Å². The maximum absolute atomic E-state index is 12.2. The number of aliphatic hydroxyl groups excluding tert-OH is 2. The minimum atomic E-state index is -4.92. The van der Waals surface area contributed by atoms with Crippen LogP contribution in [-0.4, -0.2) is 41.9 Å². The zero-order valence-electron chi connectivity index (χ0n) is 10.1. The Morgan fingerprint density at radius 1 is 1.26 bits per heavy atom. The van der Waals surface area contributed by atoms with Crippen LogP contribution in [0.5, 0.6) is 0 Å². The second kappa shape index (κ2) is 6.14. The van der Waals surface area contributed by atoms with Gasteiger partial charge in [-0.1, -0.05) is 24.3 Å². The first-order valence-electron chi connectivity index (χ1n) is 5.49. The van der Waals surface area contributed by atoms with Crippen LogP contribution in [0.1, 0.15) is 22.0 Å². The molecule has 2 unspecified atom stereocenters. The van der Waals surface area contributed by atoms with Gasteiger partial charge in [-0.3, -0.25) is 4.79 Å². The van der Waals surface area contributed by atoms with E-state index in [1.54, 1.807) is 7.05 Å². The van der Waals surface area contributed by atoms with Crippen LogP contribution in [-0.2, 0) is 0 Å². The normalized spacial score (nSPS) is 15.1. The Balaban J connectivity index is 2.85. The molecule has 0 aliphatic rings. The van der Waals surface area contributed by atoms with Crippen molar-refractivity contribution < 1.29 is 28.2 Å². The number of benzene rings is 1. The first-order chi connectivity index (χ1) is 8.77. The minimum absolute atomic E-state index is 0.129. The highest BCUT2D eigenvalue weighted by Gasteiger charge is 2.39. The molecule has 0 aliphatic carbocycles. The summed E-state index contributed by atoms with van der Waals surface area (Å²) in [5, 5.41) is 21.9. The first kappa shape index (κ1) is 15.6. The van der Waals surface area contributed by atoms with E-state index in [0.717, 1.165) is 12.1 Å². The molecule has 0 heterocycles. The summed E-state index contributed by atoms with van der Waals surface area (Å²) in [6.45, 7) is 0.129. The molecule has 4 nitrogen and oxygen atoms in total. The Labute approximate surface area is 107 Å². The molecule has 0 spiro atoms.